The Morgan fingerprint density at radius 3 is 2.54 bits per heavy atom. The minimum absolute atomic E-state index is 0.0612. The van der Waals surface area contributed by atoms with E-state index in [0.29, 0.717) is 30.5 Å². The fourth-order valence-corrected chi connectivity index (χ4v) is 3.18. The zero-order valence-electron chi connectivity index (χ0n) is 14.6. The molecule has 2 aromatic rings. The standard InChI is InChI=1S/C20H23ClN2O3/c21-17-8-4-5-9-19(17)26-15-20(24)22-14-18(16-6-2-1-3-7-16)23-10-12-25-13-11-23/h1-9,18H,10-15H2,(H,22,24)/t18-/m1/s1. The van der Waals surface area contributed by atoms with Crippen LogP contribution in [0.15, 0.2) is 54.6 Å². The van der Waals surface area contributed by atoms with Crippen molar-refractivity contribution in [3.05, 3.63) is 65.2 Å². The van der Waals surface area contributed by atoms with Crippen molar-refractivity contribution in [2.45, 2.75) is 6.04 Å². The molecule has 1 saturated heterocycles. The Bertz CT molecular complexity index is 705. The smallest absolute Gasteiger partial charge is 0.258 e. The van der Waals surface area contributed by atoms with Crippen molar-refractivity contribution in [2.24, 2.45) is 0 Å². The molecule has 3 rings (SSSR count). The third-order valence-corrected chi connectivity index (χ3v) is 4.67. The van der Waals surface area contributed by atoms with E-state index in [1.165, 1.54) is 5.56 Å². The molecule has 0 aliphatic carbocycles. The molecule has 1 aliphatic heterocycles. The van der Waals surface area contributed by atoms with Crippen molar-refractivity contribution in [1.29, 1.82) is 0 Å². The van der Waals surface area contributed by atoms with E-state index in [1.807, 2.05) is 30.3 Å². The predicted molar refractivity (Wildman–Crippen MR) is 102 cm³/mol. The van der Waals surface area contributed by atoms with Crippen molar-refractivity contribution >= 4 is 17.5 Å². The van der Waals surface area contributed by atoms with Gasteiger partial charge in [0.2, 0.25) is 0 Å². The highest BCUT2D eigenvalue weighted by atomic mass is 35.5. The lowest BCUT2D eigenvalue weighted by Gasteiger charge is -2.34. The van der Waals surface area contributed by atoms with E-state index in [-0.39, 0.29) is 18.6 Å². The van der Waals surface area contributed by atoms with E-state index < -0.39 is 0 Å². The molecule has 1 aliphatic rings. The second kappa shape index (κ2) is 9.57. The fraction of sp³-hybridized carbons (Fsp3) is 0.350. The number of amides is 1. The van der Waals surface area contributed by atoms with Crippen LogP contribution < -0.4 is 10.1 Å². The number of hydrogen-bond acceptors (Lipinski definition) is 4. The zero-order valence-corrected chi connectivity index (χ0v) is 15.3. The third-order valence-electron chi connectivity index (χ3n) is 4.36. The minimum Gasteiger partial charge on any atom is -0.482 e. The van der Waals surface area contributed by atoms with Gasteiger partial charge in [0.1, 0.15) is 5.75 Å². The highest BCUT2D eigenvalue weighted by Gasteiger charge is 2.23. The summed E-state index contributed by atoms with van der Waals surface area (Å²) < 4.78 is 11.0. The van der Waals surface area contributed by atoms with Gasteiger partial charge in [0.25, 0.3) is 5.91 Å². The Hall–Kier alpha value is -2.08. The van der Waals surface area contributed by atoms with Crippen LogP contribution in [0.3, 0.4) is 0 Å². The first-order valence-electron chi connectivity index (χ1n) is 8.75. The monoisotopic (exact) mass is 374 g/mol. The summed E-state index contributed by atoms with van der Waals surface area (Å²) in [5.41, 5.74) is 1.18. The lowest BCUT2D eigenvalue weighted by Crippen LogP contribution is -2.44. The van der Waals surface area contributed by atoms with Crippen molar-refractivity contribution in [1.82, 2.24) is 10.2 Å². The molecular weight excluding hydrogens is 352 g/mol. The Morgan fingerprint density at radius 2 is 1.81 bits per heavy atom. The summed E-state index contributed by atoms with van der Waals surface area (Å²) in [5, 5.41) is 3.47. The quantitative estimate of drug-likeness (QED) is 0.809. The maximum absolute atomic E-state index is 12.2. The van der Waals surface area contributed by atoms with Crippen LogP contribution in [-0.2, 0) is 9.53 Å². The van der Waals surface area contributed by atoms with Gasteiger partial charge < -0.3 is 14.8 Å². The predicted octanol–water partition coefficient (Wildman–Crippen LogP) is 2.91. The number of para-hydroxylation sites is 1. The Kier molecular flexibility index (Phi) is 6.89. The molecule has 138 valence electrons. The summed E-state index contributed by atoms with van der Waals surface area (Å²) >= 11 is 6.04. The lowest BCUT2D eigenvalue weighted by molar-refractivity contribution is -0.123. The van der Waals surface area contributed by atoms with Gasteiger partial charge in [0.15, 0.2) is 6.61 Å². The number of ether oxygens (including phenoxy) is 2. The summed E-state index contributed by atoms with van der Waals surface area (Å²) in [6.45, 7) is 3.60. The van der Waals surface area contributed by atoms with Gasteiger partial charge in [-0.15, -0.1) is 0 Å². The van der Waals surface area contributed by atoms with Gasteiger partial charge in [-0.1, -0.05) is 54.1 Å². The van der Waals surface area contributed by atoms with Gasteiger partial charge in [0, 0.05) is 19.6 Å². The van der Waals surface area contributed by atoms with Crippen LogP contribution in [0, 0.1) is 0 Å². The fourth-order valence-electron chi connectivity index (χ4n) is 2.99. The normalized spacial score (nSPS) is 16.0. The van der Waals surface area contributed by atoms with Gasteiger partial charge in [-0.3, -0.25) is 9.69 Å². The topological polar surface area (TPSA) is 50.8 Å². The Labute approximate surface area is 158 Å². The van der Waals surface area contributed by atoms with Gasteiger partial charge in [-0.05, 0) is 17.7 Å². The Morgan fingerprint density at radius 1 is 1.12 bits per heavy atom. The molecule has 1 amide bonds. The number of hydrogen-bond donors (Lipinski definition) is 1. The molecule has 0 aromatic heterocycles. The molecular formula is C20H23ClN2O3. The molecule has 0 radical (unpaired) electrons. The average Bonchev–Trinajstić information content (AvgIpc) is 2.69. The van der Waals surface area contributed by atoms with Crippen LogP contribution in [0.1, 0.15) is 11.6 Å². The average molecular weight is 375 g/mol. The molecule has 0 saturated carbocycles. The van der Waals surface area contributed by atoms with Crippen molar-refractivity contribution in [3.8, 4) is 5.75 Å². The highest BCUT2D eigenvalue weighted by Crippen LogP contribution is 2.23. The van der Waals surface area contributed by atoms with E-state index in [9.17, 15) is 4.79 Å². The maximum Gasteiger partial charge on any atom is 0.258 e. The molecule has 0 bridgehead atoms. The summed E-state index contributed by atoms with van der Waals surface area (Å²) in [5.74, 6) is 0.344. The molecule has 1 heterocycles. The number of nitrogens with one attached hydrogen (secondary N) is 1. The first-order chi connectivity index (χ1) is 12.7. The Balaban J connectivity index is 1.56. The number of halogens is 1. The van der Waals surface area contributed by atoms with E-state index in [2.05, 4.69) is 22.3 Å². The number of rotatable bonds is 7. The van der Waals surface area contributed by atoms with E-state index in [4.69, 9.17) is 21.1 Å². The number of nitrogens with zero attached hydrogens (tertiary/aromatic N) is 1. The summed E-state index contributed by atoms with van der Waals surface area (Å²) in [7, 11) is 0. The third kappa shape index (κ3) is 5.21. The lowest BCUT2D eigenvalue weighted by atomic mass is 10.0. The number of morpholine rings is 1. The van der Waals surface area contributed by atoms with Crippen LogP contribution in [0.2, 0.25) is 5.02 Å². The van der Waals surface area contributed by atoms with Crippen molar-refractivity contribution in [3.63, 3.8) is 0 Å². The molecule has 5 nitrogen and oxygen atoms in total. The van der Waals surface area contributed by atoms with E-state index in [0.717, 1.165) is 13.1 Å². The van der Waals surface area contributed by atoms with Crippen LogP contribution >= 0.6 is 11.6 Å². The maximum atomic E-state index is 12.2. The summed E-state index contributed by atoms with van der Waals surface area (Å²) in [6.07, 6.45) is 0. The zero-order chi connectivity index (χ0) is 18.2. The van der Waals surface area contributed by atoms with Crippen molar-refractivity contribution < 1.29 is 14.3 Å². The minimum atomic E-state index is -0.167. The number of carbonyl (C=O) groups excluding carboxylic acids is 1. The van der Waals surface area contributed by atoms with E-state index >= 15 is 0 Å². The van der Waals surface area contributed by atoms with Gasteiger partial charge >= 0.3 is 0 Å². The van der Waals surface area contributed by atoms with E-state index in [1.54, 1.807) is 12.1 Å². The second-order valence-corrected chi connectivity index (χ2v) is 6.51. The molecule has 1 N–H and O–H groups in total. The second-order valence-electron chi connectivity index (χ2n) is 6.10. The molecule has 0 unspecified atom stereocenters. The molecule has 0 spiro atoms. The van der Waals surface area contributed by atoms with Crippen LogP contribution in [-0.4, -0.2) is 50.3 Å². The van der Waals surface area contributed by atoms with Crippen LogP contribution in [0.25, 0.3) is 0 Å². The molecule has 1 fully saturated rings. The van der Waals surface area contributed by atoms with Gasteiger partial charge in [-0.25, -0.2) is 0 Å². The van der Waals surface area contributed by atoms with Gasteiger partial charge in [-0.2, -0.15) is 0 Å². The molecule has 2 aromatic carbocycles. The number of carbonyl (C=O) groups is 1. The summed E-state index contributed by atoms with van der Waals surface area (Å²) in [4.78, 5) is 14.6. The molecule has 1 atom stereocenters. The first-order valence-corrected chi connectivity index (χ1v) is 9.12. The SMILES string of the molecule is O=C(COc1ccccc1Cl)NC[C@H](c1ccccc1)N1CCOCC1. The molecule has 6 heteroatoms. The van der Waals surface area contributed by atoms with Gasteiger partial charge in [0.05, 0.1) is 24.3 Å². The van der Waals surface area contributed by atoms with Crippen LogP contribution in [0.4, 0.5) is 0 Å². The number of benzene rings is 2. The van der Waals surface area contributed by atoms with Crippen molar-refractivity contribution in [2.75, 3.05) is 39.5 Å². The first kappa shape index (κ1) is 18.7. The largest absolute Gasteiger partial charge is 0.482 e. The molecule has 26 heavy (non-hydrogen) atoms. The van der Waals surface area contributed by atoms with Crippen LogP contribution in [0.5, 0.6) is 5.75 Å². The summed E-state index contributed by atoms with van der Waals surface area (Å²) in [6, 6.07) is 17.5. The highest BCUT2D eigenvalue weighted by molar-refractivity contribution is 6.32.